The van der Waals surface area contributed by atoms with Crippen molar-refractivity contribution < 1.29 is 13.9 Å². The summed E-state index contributed by atoms with van der Waals surface area (Å²) < 4.78 is 18.8. The third-order valence-corrected chi connectivity index (χ3v) is 5.57. The summed E-state index contributed by atoms with van der Waals surface area (Å²) in [6.45, 7) is 5.12. The van der Waals surface area contributed by atoms with E-state index in [1.54, 1.807) is 12.4 Å². The lowest BCUT2D eigenvalue weighted by molar-refractivity contribution is 0.0448. The Bertz CT molecular complexity index is 1010. The van der Waals surface area contributed by atoms with Gasteiger partial charge in [-0.05, 0) is 44.9 Å². The number of hydrogen-bond acceptors (Lipinski definition) is 5. The van der Waals surface area contributed by atoms with Crippen molar-refractivity contribution in [1.29, 1.82) is 0 Å². The normalized spacial score (nSPS) is 19.0. The molecule has 8 heteroatoms. The first kappa shape index (κ1) is 20.0. The van der Waals surface area contributed by atoms with Gasteiger partial charge in [0.1, 0.15) is 5.82 Å². The van der Waals surface area contributed by atoms with E-state index in [1.165, 1.54) is 16.9 Å². The van der Waals surface area contributed by atoms with Crippen LogP contribution in [0.3, 0.4) is 0 Å². The number of rotatable bonds is 5. The predicted molar refractivity (Wildman–Crippen MR) is 109 cm³/mol. The molecule has 0 unspecified atom stereocenters. The second kappa shape index (κ2) is 8.61. The summed E-state index contributed by atoms with van der Waals surface area (Å²) in [5.74, 6) is 0.109. The molecule has 1 aromatic carbocycles. The SMILES string of the molecule is Cc1ccc(-n2nccn2)c(C(=O)N2CCC[C@@H](COc3ccc(F)cn3)[C@@H]2C)c1. The molecule has 30 heavy (non-hydrogen) atoms. The minimum absolute atomic E-state index is 0.00867. The summed E-state index contributed by atoms with van der Waals surface area (Å²) in [5, 5.41) is 8.38. The topological polar surface area (TPSA) is 73.1 Å². The average molecular weight is 409 g/mol. The fraction of sp³-hybridized carbons (Fsp3) is 0.364. The van der Waals surface area contributed by atoms with Gasteiger partial charge < -0.3 is 9.64 Å². The van der Waals surface area contributed by atoms with Crippen molar-refractivity contribution in [3.05, 3.63) is 65.9 Å². The number of aromatic nitrogens is 4. The Balaban J connectivity index is 1.52. The zero-order chi connectivity index (χ0) is 21.1. The highest BCUT2D eigenvalue weighted by molar-refractivity contribution is 5.98. The van der Waals surface area contributed by atoms with Gasteiger partial charge in [0.05, 0.1) is 36.4 Å². The molecule has 7 nitrogen and oxygen atoms in total. The van der Waals surface area contributed by atoms with Crippen LogP contribution in [0, 0.1) is 18.7 Å². The molecule has 1 amide bonds. The van der Waals surface area contributed by atoms with E-state index >= 15 is 0 Å². The van der Waals surface area contributed by atoms with E-state index in [4.69, 9.17) is 4.74 Å². The average Bonchev–Trinajstić information content (AvgIpc) is 3.28. The molecular formula is C22H24FN5O2. The van der Waals surface area contributed by atoms with Crippen molar-refractivity contribution >= 4 is 5.91 Å². The van der Waals surface area contributed by atoms with E-state index < -0.39 is 5.82 Å². The van der Waals surface area contributed by atoms with Crippen molar-refractivity contribution in [2.45, 2.75) is 32.7 Å². The van der Waals surface area contributed by atoms with E-state index in [1.807, 2.05) is 36.9 Å². The molecular weight excluding hydrogens is 385 g/mol. The Morgan fingerprint density at radius 3 is 2.77 bits per heavy atom. The van der Waals surface area contributed by atoms with Crippen LogP contribution in [0.15, 0.2) is 48.9 Å². The van der Waals surface area contributed by atoms with Gasteiger partial charge in [0, 0.05) is 24.6 Å². The summed E-state index contributed by atoms with van der Waals surface area (Å²) >= 11 is 0. The summed E-state index contributed by atoms with van der Waals surface area (Å²) in [6, 6.07) is 8.54. The van der Waals surface area contributed by atoms with Crippen LogP contribution in [0.5, 0.6) is 5.88 Å². The van der Waals surface area contributed by atoms with Gasteiger partial charge in [-0.15, -0.1) is 0 Å². The Morgan fingerprint density at radius 1 is 1.23 bits per heavy atom. The third-order valence-electron chi connectivity index (χ3n) is 5.57. The second-order valence-corrected chi connectivity index (χ2v) is 7.61. The van der Waals surface area contributed by atoms with Crippen LogP contribution in [0.25, 0.3) is 5.69 Å². The van der Waals surface area contributed by atoms with E-state index in [2.05, 4.69) is 15.2 Å². The van der Waals surface area contributed by atoms with Gasteiger partial charge in [0.25, 0.3) is 5.91 Å². The summed E-state index contributed by atoms with van der Waals surface area (Å²) in [5.41, 5.74) is 2.25. The summed E-state index contributed by atoms with van der Waals surface area (Å²) in [6.07, 6.45) is 6.16. The molecule has 0 N–H and O–H groups in total. The Kier molecular flexibility index (Phi) is 5.74. The number of benzene rings is 1. The van der Waals surface area contributed by atoms with Crippen LogP contribution < -0.4 is 4.74 Å². The number of amides is 1. The number of pyridine rings is 1. The monoisotopic (exact) mass is 409 g/mol. The first-order chi connectivity index (χ1) is 14.5. The standard InChI is InChI=1S/C22H24FN5O2/c1-15-5-7-20(28-25-9-10-26-28)19(12-15)22(29)27-11-3-4-17(16(27)2)14-30-21-8-6-18(23)13-24-21/h5-10,12-13,16-17H,3-4,11,14H2,1-2H3/t16-,17-/m0/s1. The van der Waals surface area contributed by atoms with E-state index in [9.17, 15) is 9.18 Å². The highest BCUT2D eigenvalue weighted by Gasteiger charge is 2.33. The van der Waals surface area contributed by atoms with E-state index in [0.717, 1.165) is 24.6 Å². The molecule has 156 valence electrons. The molecule has 1 saturated heterocycles. The molecule has 0 radical (unpaired) electrons. The largest absolute Gasteiger partial charge is 0.477 e. The number of hydrogen-bond donors (Lipinski definition) is 0. The van der Waals surface area contributed by atoms with Gasteiger partial charge in [-0.1, -0.05) is 11.6 Å². The van der Waals surface area contributed by atoms with Crippen molar-refractivity contribution in [1.82, 2.24) is 24.9 Å². The Labute approximate surface area is 174 Å². The molecule has 2 aromatic heterocycles. The van der Waals surface area contributed by atoms with Crippen LogP contribution in [0.2, 0.25) is 0 Å². The van der Waals surface area contributed by atoms with Gasteiger partial charge in [0.2, 0.25) is 5.88 Å². The van der Waals surface area contributed by atoms with Crippen molar-refractivity contribution in [3.8, 4) is 11.6 Å². The molecule has 3 heterocycles. The lowest BCUT2D eigenvalue weighted by Gasteiger charge is -2.39. The van der Waals surface area contributed by atoms with Crippen molar-refractivity contribution in [3.63, 3.8) is 0 Å². The van der Waals surface area contributed by atoms with Crippen LogP contribution in [0.1, 0.15) is 35.7 Å². The molecule has 0 spiro atoms. The van der Waals surface area contributed by atoms with Crippen molar-refractivity contribution in [2.24, 2.45) is 5.92 Å². The Hall–Kier alpha value is -3.29. The highest BCUT2D eigenvalue weighted by Crippen LogP contribution is 2.27. The molecule has 0 aliphatic carbocycles. The van der Waals surface area contributed by atoms with Gasteiger partial charge in [-0.2, -0.15) is 15.0 Å². The number of halogens is 1. The molecule has 3 aromatic rings. The van der Waals surface area contributed by atoms with Crippen LogP contribution in [-0.2, 0) is 0 Å². The van der Waals surface area contributed by atoms with Crippen LogP contribution in [0.4, 0.5) is 4.39 Å². The summed E-state index contributed by atoms with van der Waals surface area (Å²) in [4.78, 5) is 20.8. The maximum atomic E-state index is 13.5. The van der Waals surface area contributed by atoms with Crippen LogP contribution in [-0.4, -0.2) is 50.0 Å². The predicted octanol–water partition coefficient (Wildman–Crippen LogP) is 3.43. The molecule has 0 bridgehead atoms. The first-order valence-corrected chi connectivity index (χ1v) is 10.1. The third kappa shape index (κ3) is 4.17. The number of piperidine rings is 1. The second-order valence-electron chi connectivity index (χ2n) is 7.61. The van der Waals surface area contributed by atoms with Gasteiger partial charge in [-0.25, -0.2) is 9.37 Å². The molecule has 0 saturated carbocycles. The molecule has 1 aliphatic rings. The zero-order valence-corrected chi connectivity index (χ0v) is 17.0. The smallest absolute Gasteiger partial charge is 0.256 e. The first-order valence-electron chi connectivity index (χ1n) is 10.1. The van der Waals surface area contributed by atoms with Gasteiger partial charge in [0.15, 0.2) is 0 Å². The highest BCUT2D eigenvalue weighted by atomic mass is 19.1. The number of ether oxygens (including phenoxy) is 1. The quantitative estimate of drug-likeness (QED) is 0.646. The maximum absolute atomic E-state index is 13.5. The molecule has 2 atom stereocenters. The number of likely N-dealkylation sites (tertiary alicyclic amines) is 1. The van der Waals surface area contributed by atoms with E-state index in [0.29, 0.717) is 30.3 Å². The minimum Gasteiger partial charge on any atom is -0.477 e. The fourth-order valence-electron chi connectivity index (χ4n) is 3.86. The maximum Gasteiger partial charge on any atom is 0.256 e. The Morgan fingerprint density at radius 2 is 2.03 bits per heavy atom. The number of carbonyl (C=O) groups is 1. The molecule has 1 aliphatic heterocycles. The van der Waals surface area contributed by atoms with Gasteiger partial charge in [-0.3, -0.25) is 4.79 Å². The van der Waals surface area contributed by atoms with Gasteiger partial charge >= 0.3 is 0 Å². The molecule has 4 rings (SSSR count). The fourth-order valence-corrected chi connectivity index (χ4v) is 3.86. The lowest BCUT2D eigenvalue weighted by atomic mass is 9.90. The number of nitrogens with zero attached hydrogens (tertiary/aromatic N) is 5. The lowest BCUT2D eigenvalue weighted by Crippen LogP contribution is -2.48. The molecule has 1 fully saturated rings. The van der Waals surface area contributed by atoms with Crippen LogP contribution >= 0.6 is 0 Å². The zero-order valence-electron chi connectivity index (χ0n) is 17.0. The number of carbonyl (C=O) groups excluding carboxylic acids is 1. The van der Waals surface area contributed by atoms with E-state index in [-0.39, 0.29) is 17.9 Å². The van der Waals surface area contributed by atoms with Crippen molar-refractivity contribution in [2.75, 3.05) is 13.2 Å². The summed E-state index contributed by atoms with van der Waals surface area (Å²) in [7, 11) is 0. The minimum atomic E-state index is -0.397. The number of aryl methyl sites for hydroxylation is 1.